The summed E-state index contributed by atoms with van der Waals surface area (Å²) in [7, 11) is 0. The van der Waals surface area contributed by atoms with Crippen LogP contribution < -0.4 is 16.8 Å². The number of primary amides is 1. The summed E-state index contributed by atoms with van der Waals surface area (Å²) in [6, 6.07) is -0.547. The Morgan fingerprint density at radius 1 is 1.36 bits per heavy atom. The van der Waals surface area contributed by atoms with E-state index in [-0.39, 0.29) is 5.91 Å². The van der Waals surface area contributed by atoms with Crippen LogP contribution in [-0.4, -0.2) is 24.4 Å². The lowest BCUT2D eigenvalue weighted by Crippen LogP contribution is -2.44. The van der Waals surface area contributed by atoms with Crippen molar-refractivity contribution in [3.63, 3.8) is 0 Å². The Kier molecular flexibility index (Phi) is 6.74. The second kappa shape index (κ2) is 7.32. The molecule has 2 amide bonds. The van der Waals surface area contributed by atoms with Gasteiger partial charge in [0, 0.05) is 6.42 Å². The van der Waals surface area contributed by atoms with Crippen molar-refractivity contribution in [2.45, 2.75) is 38.6 Å². The lowest BCUT2D eigenvalue weighted by Gasteiger charge is -2.14. The maximum atomic E-state index is 11.0. The molecule has 0 aromatic rings. The van der Waals surface area contributed by atoms with Crippen LogP contribution in [0.15, 0.2) is 0 Å². The first-order chi connectivity index (χ1) is 6.61. The molecule has 5 nitrogen and oxygen atoms in total. The third-order valence-electron chi connectivity index (χ3n) is 1.95. The first-order valence-corrected chi connectivity index (χ1v) is 4.90. The molecule has 14 heavy (non-hydrogen) atoms. The van der Waals surface area contributed by atoms with Crippen molar-refractivity contribution in [3.05, 3.63) is 0 Å². The van der Waals surface area contributed by atoms with E-state index in [0.29, 0.717) is 19.4 Å². The summed E-state index contributed by atoms with van der Waals surface area (Å²) in [5, 5.41) is 2.57. The number of hydrogen-bond donors (Lipinski definition) is 3. The number of carbonyl (C=O) groups excluding carboxylic acids is 2. The highest BCUT2D eigenvalue weighted by Gasteiger charge is 2.15. The fourth-order valence-electron chi connectivity index (χ4n) is 1.07. The Balaban J connectivity index is 3.90. The van der Waals surface area contributed by atoms with Gasteiger partial charge >= 0.3 is 0 Å². The predicted molar refractivity (Wildman–Crippen MR) is 54.3 cm³/mol. The van der Waals surface area contributed by atoms with Crippen molar-refractivity contribution in [1.82, 2.24) is 5.32 Å². The SMILES string of the molecule is CCC(=O)N[C@@H](CCCCN)C(N)=O. The Bertz CT molecular complexity index is 194. The minimum Gasteiger partial charge on any atom is -0.368 e. The normalized spacial score (nSPS) is 12.1. The smallest absolute Gasteiger partial charge is 0.239 e. The van der Waals surface area contributed by atoms with E-state index >= 15 is 0 Å². The molecule has 0 bridgehead atoms. The fourth-order valence-corrected chi connectivity index (χ4v) is 1.07. The van der Waals surface area contributed by atoms with Gasteiger partial charge in [-0.2, -0.15) is 0 Å². The number of unbranched alkanes of at least 4 members (excludes halogenated alkanes) is 1. The van der Waals surface area contributed by atoms with Gasteiger partial charge in [-0.15, -0.1) is 0 Å². The fraction of sp³-hybridized carbons (Fsp3) is 0.778. The molecule has 0 aromatic carbocycles. The summed E-state index contributed by atoms with van der Waals surface area (Å²) in [6.07, 6.45) is 2.57. The van der Waals surface area contributed by atoms with Crippen LogP contribution in [-0.2, 0) is 9.59 Å². The lowest BCUT2D eigenvalue weighted by atomic mass is 10.1. The Morgan fingerprint density at radius 3 is 2.43 bits per heavy atom. The third kappa shape index (κ3) is 5.53. The summed E-state index contributed by atoms with van der Waals surface area (Å²) >= 11 is 0. The molecule has 0 rings (SSSR count). The highest BCUT2D eigenvalue weighted by Crippen LogP contribution is 2.00. The van der Waals surface area contributed by atoms with Crippen LogP contribution in [0.1, 0.15) is 32.6 Å². The molecule has 0 saturated heterocycles. The van der Waals surface area contributed by atoms with Crippen LogP contribution in [0.3, 0.4) is 0 Å². The summed E-state index contributed by atoms with van der Waals surface area (Å²) in [4.78, 5) is 21.9. The monoisotopic (exact) mass is 201 g/mol. The maximum absolute atomic E-state index is 11.0. The average Bonchev–Trinajstić information content (AvgIpc) is 2.16. The van der Waals surface area contributed by atoms with E-state index in [0.717, 1.165) is 12.8 Å². The van der Waals surface area contributed by atoms with Gasteiger partial charge in [0.05, 0.1) is 0 Å². The third-order valence-corrected chi connectivity index (χ3v) is 1.95. The largest absolute Gasteiger partial charge is 0.368 e. The van der Waals surface area contributed by atoms with Crippen LogP contribution in [0.4, 0.5) is 0 Å². The molecule has 0 aliphatic heterocycles. The van der Waals surface area contributed by atoms with Crippen molar-refractivity contribution in [1.29, 1.82) is 0 Å². The predicted octanol–water partition coefficient (Wildman–Crippen LogP) is -0.504. The van der Waals surface area contributed by atoms with Gasteiger partial charge in [-0.3, -0.25) is 9.59 Å². The Labute approximate surface area is 84.2 Å². The van der Waals surface area contributed by atoms with E-state index in [4.69, 9.17) is 11.5 Å². The van der Waals surface area contributed by atoms with E-state index in [1.165, 1.54) is 0 Å². The van der Waals surface area contributed by atoms with Gasteiger partial charge < -0.3 is 16.8 Å². The van der Waals surface area contributed by atoms with E-state index in [2.05, 4.69) is 5.32 Å². The molecule has 0 aliphatic rings. The second-order valence-corrected chi connectivity index (χ2v) is 3.16. The van der Waals surface area contributed by atoms with Crippen LogP contribution in [0.2, 0.25) is 0 Å². The van der Waals surface area contributed by atoms with Crippen molar-refractivity contribution in [3.8, 4) is 0 Å². The zero-order valence-corrected chi connectivity index (χ0v) is 8.58. The molecule has 0 spiro atoms. The summed E-state index contributed by atoms with van der Waals surface area (Å²) in [5.41, 5.74) is 10.5. The molecule has 82 valence electrons. The maximum Gasteiger partial charge on any atom is 0.239 e. The highest BCUT2D eigenvalue weighted by molar-refractivity contribution is 5.86. The molecule has 0 aliphatic carbocycles. The van der Waals surface area contributed by atoms with Gasteiger partial charge in [0.25, 0.3) is 0 Å². The Hall–Kier alpha value is -1.10. The summed E-state index contributed by atoms with van der Waals surface area (Å²) in [5.74, 6) is -0.634. The van der Waals surface area contributed by atoms with Crippen molar-refractivity contribution in [2.24, 2.45) is 11.5 Å². The average molecular weight is 201 g/mol. The van der Waals surface area contributed by atoms with E-state index in [1.54, 1.807) is 6.92 Å². The summed E-state index contributed by atoms with van der Waals surface area (Å²) < 4.78 is 0. The van der Waals surface area contributed by atoms with Gasteiger partial charge in [0.15, 0.2) is 0 Å². The molecular formula is C9H19N3O2. The molecule has 1 atom stereocenters. The number of rotatable bonds is 7. The molecule has 0 fully saturated rings. The molecule has 0 aromatic heterocycles. The Morgan fingerprint density at radius 2 is 2.00 bits per heavy atom. The van der Waals surface area contributed by atoms with Gasteiger partial charge in [-0.05, 0) is 25.8 Å². The molecule has 0 unspecified atom stereocenters. The minimum absolute atomic E-state index is 0.151. The number of hydrogen-bond acceptors (Lipinski definition) is 3. The number of amides is 2. The molecule has 0 heterocycles. The first-order valence-electron chi connectivity index (χ1n) is 4.90. The number of carbonyl (C=O) groups is 2. The van der Waals surface area contributed by atoms with Gasteiger partial charge in [0.2, 0.25) is 11.8 Å². The van der Waals surface area contributed by atoms with Crippen LogP contribution in [0.5, 0.6) is 0 Å². The van der Waals surface area contributed by atoms with Crippen LogP contribution in [0.25, 0.3) is 0 Å². The van der Waals surface area contributed by atoms with Gasteiger partial charge in [0.1, 0.15) is 6.04 Å². The molecule has 0 radical (unpaired) electrons. The zero-order chi connectivity index (χ0) is 11.0. The van der Waals surface area contributed by atoms with Crippen molar-refractivity contribution in [2.75, 3.05) is 6.54 Å². The van der Waals surface area contributed by atoms with Crippen molar-refractivity contribution < 1.29 is 9.59 Å². The molecule has 5 N–H and O–H groups in total. The lowest BCUT2D eigenvalue weighted by molar-refractivity contribution is -0.127. The standard InChI is InChI=1S/C9H19N3O2/c1-2-8(13)12-7(9(11)14)5-3-4-6-10/h7H,2-6,10H2,1H3,(H2,11,14)(H,12,13)/t7-/m0/s1. The topological polar surface area (TPSA) is 98.2 Å². The molecule has 5 heteroatoms. The van der Waals surface area contributed by atoms with E-state index in [1.807, 2.05) is 0 Å². The molecule has 0 saturated carbocycles. The van der Waals surface area contributed by atoms with Crippen molar-refractivity contribution >= 4 is 11.8 Å². The number of nitrogens with one attached hydrogen (secondary N) is 1. The number of nitrogens with two attached hydrogens (primary N) is 2. The quantitative estimate of drug-likeness (QED) is 0.484. The second-order valence-electron chi connectivity index (χ2n) is 3.16. The van der Waals surface area contributed by atoms with Gasteiger partial charge in [-0.1, -0.05) is 6.92 Å². The highest BCUT2D eigenvalue weighted by atomic mass is 16.2. The van der Waals surface area contributed by atoms with Crippen LogP contribution in [0, 0.1) is 0 Å². The van der Waals surface area contributed by atoms with Crippen LogP contribution >= 0.6 is 0 Å². The molecular weight excluding hydrogens is 182 g/mol. The van der Waals surface area contributed by atoms with E-state index in [9.17, 15) is 9.59 Å². The summed E-state index contributed by atoms with van der Waals surface area (Å²) in [6.45, 7) is 2.32. The zero-order valence-electron chi connectivity index (χ0n) is 8.58. The van der Waals surface area contributed by atoms with E-state index < -0.39 is 11.9 Å². The minimum atomic E-state index is -0.547. The first kappa shape index (κ1) is 12.9. The van der Waals surface area contributed by atoms with Gasteiger partial charge in [-0.25, -0.2) is 0 Å².